The first-order valence-corrected chi connectivity index (χ1v) is 7.44. The van der Waals surface area contributed by atoms with Gasteiger partial charge in [0.15, 0.2) is 0 Å². The normalized spacial score (nSPS) is 10.4. The molecule has 0 aliphatic heterocycles. The fourth-order valence-corrected chi connectivity index (χ4v) is 1.89. The van der Waals surface area contributed by atoms with Gasteiger partial charge in [-0.2, -0.15) is 0 Å². The van der Waals surface area contributed by atoms with E-state index in [1.807, 2.05) is 0 Å². The number of nitro groups is 1. The van der Waals surface area contributed by atoms with Gasteiger partial charge in [0.05, 0.1) is 12.0 Å². The van der Waals surface area contributed by atoms with Gasteiger partial charge in [-0.1, -0.05) is 0 Å². The van der Waals surface area contributed by atoms with E-state index in [1.165, 1.54) is 24.3 Å². The summed E-state index contributed by atoms with van der Waals surface area (Å²) in [5.74, 6) is 0.866. The van der Waals surface area contributed by atoms with Crippen molar-refractivity contribution < 1.29 is 23.9 Å². The molecule has 7 heteroatoms. The summed E-state index contributed by atoms with van der Waals surface area (Å²) in [5.41, 5.74) is 0.660. The summed E-state index contributed by atoms with van der Waals surface area (Å²) in [6.45, 7) is 0.332. The van der Waals surface area contributed by atoms with Crippen molar-refractivity contribution in [2.75, 3.05) is 20.3 Å². The van der Waals surface area contributed by atoms with Gasteiger partial charge < -0.3 is 14.2 Å². The lowest BCUT2D eigenvalue weighted by Crippen LogP contribution is -2.10. The first-order valence-electron chi connectivity index (χ1n) is 7.44. The van der Waals surface area contributed by atoms with E-state index in [1.54, 1.807) is 43.5 Å². The SMILES string of the molecule is COc1ccc(OCCOC(=O)/C=C/c2ccc([N+](=O)[O-])cc2)cc1. The molecule has 0 heterocycles. The highest BCUT2D eigenvalue weighted by Gasteiger charge is 2.03. The van der Waals surface area contributed by atoms with E-state index in [0.29, 0.717) is 11.3 Å². The van der Waals surface area contributed by atoms with E-state index in [4.69, 9.17) is 14.2 Å². The van der Waals surface area contributed by atoms with E-state index in [-0.39, 0.29) is 18.9 Å². The molecule has 0 saturated heterocycles. The molecule has 0 spiro atoms. The molecule has 2 rings (SSSR count). The van der Waals surface area contributed by atoms with E-state index in [9.17, 15) is 14.9 Å². The van der Waals surface area contributed by atoms with Gasteiger partial charge in [0.1, 0.15) is 24.7 Å². The van der Waals surface area contributed by atoms with Crippen LogP contribution in [0.2, 0.25) is 0 Å². The maximum Gasteiger partial charge on any atom is 0.330 e. The van der Waals surface area contributed by atoms with Crippen molar-refractivity contribution in [3.05, 3.63) is 70.3 Å². The number of methoxy groups -OCH3 is 1. The van der Waals surface area contributed by atoms with Crippen LogP contribution in [0.15, 0.2) is 54.6 Å². The van der Waals surface area contributed by atoms with Crippen molar-refractivity contribution in [1.82, 2.24) is 0 Å². The number of hydrogen-bond donors (Lipinski definition) is 0. The van der Waals surface area contributed by atoms with Crippen LogP contribution in [0.4, 0.5) is 5.69 Å². The van der Waals surface area contributed by atoms with E-state index in [2.05, 4.69) is 0 Å². The van der Waals surface area contributed by atoms with Crippen LogP contribution in [-0.2, 0) is 9.53 Å². The predicted molar refractivity (Wildman–Crippen MR) is 91.6 cm³/mol. The Morgan fingerprint density at radius 1 is 1.04 bits per heavy atom. The highest BCUT2D eigenvalue weighted by Crippen LogP contribution is 2.16. The Morgan fingerprint density at radius 2 is 1.68 bits per heavy atom. The Labute approximate surface area is 144 Å². The number of ether oxygens (including phenoxy) is 3. The minimum Gasteiger partial charge on any atom is -0.497 e. The van der Waals surface area contributed by atoms with Crippen LogP contribution in [0.1, 0.15) is 5.56 Å². The van der Waals surface area contributed by atoms with E-state index in [0.717, 1.165) is 5.75 Å². The summed E-state index contributed by atoms with van der Waals surface area (Å²) >= 11 is 0. The molecule has 0 bridgehead atoms. The van der Waals surface area contributed by atoms with Crippen molar-refractivity contribution in [1.29, 1.82) is 0 Å². The van der Waals surface area contributed by atoms with Gasteiger partial charge in [-0.3, -0.25) is 10.1 Å². The summed E-state index contributed by atoms with van der Waals surface area (Å²) in [6, 6.07) is 12.9. The van der Waals surface area contributed by atoms with Gasteiger partial charge in [-0.25, -0.2) is 4.79 Å². The van der Waals surface area contributed by atoms with Crippen molar-refractivity contribution in [3.63, 3.8) is 0 Å². The monoisotopic (exact) mass is 343 g/mol. The Kier molecular flexibility index (Phi) is 6.53. The molecule has 0 fully saturated rings. The smallest absolute Gasteiger partial charge is 0.330 e. The second kappa shape index (κ2) is 9.07. The fourth-order valence-electron chi connectivity index (χ4n) is 1.89. The Morgan fingerprint density at radius 3 is 2.28 bits per heavy atom. The molecule has 25 heavy (non-hydrogen) atoms. The molecule has 0 N–H and O–H groups in total. The summed E-state index contributed by atoms with van der Waals surface area (Å²) in [5, 5.41) is 10.6. The number of carbonyl (C=O) groups excluding carboxylic acids is 1. The summed E-state index contributed by atoms with van der Waals surface area (Å²) in [7, 11) is 1.58. The summed E-state index contributed by atoms with van der Waals surface area (Å²) < 4.78 is 15.5. The van der Waals surface area contributed by atoms with Gasteiger partial charge in [0.25, 0.3) is 5.69 Å². The lowest BCUT2D eigenvalue weighted by Gasteiger charge is -2.07. The van der Waals surface area contributed by atoms with Crippen LogP contribution in [0, 0.1) is 10.1 Å². The number of hydrogen-bond acceptors (Lipinski definition) is 6. The van der Waals surface area contributed by atoms with Gasteiger partial charge >= 0.3 is 5.97 Å². The number of esters is 1. The second-order valence-corrected chi connectivity index (χ2v) is 4.87. The largest absolute Gasteiger partial charge is 0.497 e. The number of non-ortho nitro benzene ring substituents is 1. The minimum atomic E-state index is -0.517. The maximum absolute atomic E-state index is 11.6. The average molecular weight is 343 g/mol. The molecule has 0 atom stereocenters. The Bertz CT molecular complexity index is 737. The zero-order chi connectivity index (χ0) is 18.1. The van der Waals surface area contributed by atoms with Crippen LogP contribution in [0.3, 0.4) is 0 Å². The summed E-state index contributed by atoms with van der Waals surface area (Å²) in [4.78, 5) is 21.7. The van der Waals surface area contributed by atoms with Crippen LogP contribution in [-0.4, -0.2) is 31.2 Å². The highest BCUT2D eigenvalue weighted by molar-refractivity contribution is 5.87. The van der Waals surface area contributed by atoms with Gasteiger partial charge in [0.2, 0.25) is 0 Å². The fraction of sp³-hybridized carbons (Fsp3) is 0.167. The summed E-state index contributed by atoms with van der Waals surface area (Å²) in [6.07, 6.45) is 2.78. The number of benzene rings is 2. The van der Waals surface area contributed by atoms with Crippen molar-refractivity contribution in [2.24, 2.45) is 0 Å². The quantitative estimate of drug-likeness (QED) is 0.240. The first-order chi connectivity index (χ1) is 12.1. The van der Waals surface area contributed by atoms with Crippen molar-refractivity contribution >= 4 is 17.7 Å². The molecular formula is C18H17NO6. The molecule has 7 nitrogen and oxygen atoms in total. The molecular weight excluding hydrogens is 326 g/mol. The first kappa shape index (κ1) is 18.0. The van der Waals surface area contributed by atoms with Gasteiger partial charge in [-0.15, -0.1) is 0 Å². The molecule has 2 aromatic carbocycles. The Balaban J connectivity index is 1.71. The molecule has 0 unspecified atom stereocenters. The van der Waals surface area contributed by atoms with Gasteiger partial charge in [-0.05, 0) is 48.0 Å². The van der Waals surface area contributed by atoms with Crippen molar-refractivity contribution in [2.45, 2.75) is 0 Å². The van der Waals surface area contributed by atoms with Crippen LogP contribution >= 0.6 is 0 Å². The van der Waals surface area contributed by atoms with Crippen molar-refractivity contribution in [3.8, 4) is 11.5 Å². The van der Waals surface area contributed by atoms with E-state index >= 15 is 0 Å². The molecule has 0 amide bonds. The molecule has 0 saturated carbocycles. The zero-order valence-corrected chi connectivity index (χ0v) is 13.6. The number of rotatable bonds is 8. The number of nitro benzene ring substituents is 1. The molecule has 0 aliphatic carbocycles. The van der Waals surface area contributed by atoms with Crippen LogP contribution in [0.5, 0.6) is 11.5 Å². The molecule has 0 aromatic heterocycles. The minimum absolute atomic E-state index is 0.00425. The highest BCUT2D eigenvalue weighted by atomic mass is 16.6. The molecule has 2 aromatic rings. The third kappa shape index (κ3) is 5.98. The molecule has 130 valence electrons. The zero-order valence-electron chi connectivity index (χ0n) is 13.6. The van der Waals surface area contributed by atoms with E-state index < -0.39 is 10.9 Å². The van der Waals surface area contributed by atoms with Crippen LogP contribution in [0.25, 0.3) is 6.08 Å². The third-order valence-electron chi connectivity index (χ3n) is 3.17. The third-order valence-corrected chi connectivity index (χ3v) is 3.17. The number of nitrogens with zero attached hydrogens (tertiary/aromatic N) is 1. The Hall–Kier alpha value is -3.35. The molecule has 0 aliphatic rings. The average Bonchev–Trinajstić information content (AvgIpc) is 2.64. The van der Waals surface area contributed by atoms with Crippen LogP contribution < -0.4 is 9.47 Å². The number of carbonyl (C=O) groups is 1. The topological polar surface area (TPSA) is 87.9 Å². The standard InChI is InChI=1S/C18H17NO6/c1-23-16-7-9-17(10-8-16)24-12-13-25-18(20)11-4-14-2-5-15(6-3-14)19(21)22/h2-11H,12-13H2,1H3/b11-4+. The van der Waals surface area contributed by atoms with Gasteiger partial charge in [0, 0.05) is 18.2 Å². The second-order valence-electron chi connectivity index (χ2n) is 4.87. The lowest BCUT2D eigenvalue weighted by molar-refractivity contribution is -0.384. The maximum atomic E-state index is 11.6. The molecule has 0 radical (unpaired) electrons. The predicted octanol–water partition coefficient (Wildman–Crippen LogP) is 3.24. The lowest BCUT2D eigenvalue weighted by atomic mass is 10.2.